The van der Waals surface area contributed by atoms with Crippen LogP contribution in [0.4, 0.5) is 15.8 Å². The molecule has 0 fully saturated rings. The molecule has 2 aromatic rings. The van der Waals surface area contributed by atoms with E-state index in [1.807, 2.05) is 0 Å². The molecule has 1 aliphatic rings. The van der Waals surface area contributed by atoms with Crippen LogP contribution in [0, 0.1) is 5.82 Å². The molecule has 0 aromatic heterocycles. The van der Waals surface area contributed by atoms with Gasteiger partial charge < -0.3 is 20.1 Å². The van der Waals surface area contributed by atoms with Crippen LogP contribution in [0.25, 0.3) is 0 Å². The maximum absolute atomic E-state index is 13.4. The molecule has 0 saturated heterocycles. The second-order valence-electron chi connectivity index (χ2n) is 4.77. The largest absolute Gasteiger partial charge is 0.486 e. The van der Waals surface area contributed by atoms with E-state index in [-0.39, 0.29) is 11.6 Å². The quantitative estimate of drug-likeness (QED) is 0.849. The van der Waals surface area contributed by atoms with Gasteiger partial charge in [-0.3, -0.25) is 9.59 Å². The van der Waals surface area contributed by atoms with Crippen LogP contribution >= 0.6 is 0 Å². The number of ether oxygens (including phenoxy) is 2. The van der Waals surface area contributed by atoms with Crippen molar-refractivity contribution < 1.29 is 23.5 Å². The fourth-order valence-electron chi connectivity index (χ4n) is 2.16. The molecule has 0 spiro atoms. The normalized spacial score (nSPS) is 12.4. The number of hydrogen-bond donors (Lipinski definition) is 2. The van der Waals surface area contributed by atoms with Gasteiger partial charge in [0, 0.05) is 11.3 Å². The van der Waals surface area contributed by atoms with Crippen molar-refractivity contribution in [3.8, 4) is 11.5 Å². The van der Waals surface area contributed by atoms with Gasteiger partial charge in [0.25, 0.3) is 5.91 Å². The van der Waals surface area contributed by atoms with Crippen molar-refractivity contribution in [2.45, 2.75) is 0 Å². The van der Waals surface area contributed by atoms with E-state index in [1.165, 1.54) is 12.1 Å². The van der Waals surface area contributed by atoms with Crippen molar-refractivity contribution in [2.75, 3.05) is 23.8 Å². The molecule has 2 amide bonds. The molecule has 23 heavy (non-hydrogen) atoms. The second-order valence-corrected chi connectivity index (χ2v) is 4.77. The van der Waals surface area contributed by atoms with Crippen LogP contribution in [0.2, 0.25) is 0 Å². The third kappa shape index (κ3) is 3.23. The summed E-state index contributed by atoms with van der Waals surface area (Å²) in [6.45, 7) is 0.900. The number of benzene rings is 2. The summed E-state index contributed by atoms with van der Waals surface area (Å²) in [7, 11) is 0. The zero-order valence-corrected chi connectivity index (χ0v) is 12.0. The molecular weight excluding hydrogens is 303 g/mol. The van der Waals surface area contributed by atoms with E-state index in [2.05, 4.69) is 10.6 Å². The van der Waals surface area contributed by atoms with Gasteiger partial charge in [0.15, 0.2) is 11.5 Å². The number of amides is 2. The van der Waals surface area contributed by atoms with E-state index in [4.69, 9.17) is 9.47 Å². The summed E-state index contributed by atoms with van der Waals surface area (Å²) < 4.78 is 24.3. The van der Waals surface area contributed by atoms with Gasteiger partial charge in [-0.15, -0.1) is 0 Å². The lowest BCUT2D eigenvalue weighted by Crippen LogP contribution is -2.17. The monoisotopic (exact) mass is 316 g/mol. The van der Waals surface area contributed by atoms with E-state index in [1.54, 1.807) is 18.2 Å². The Balaban J connectivity index is 1.79. The van der Waals surface area contributed by atoms with E-state index in [0.29, 0.717) is 42.4 Å². The molecule has 0 aliphatic carbocycles. The third-order valence-electron chi connectivity index (χ3n) is 3.24. The Morgan fingerprint density at radius 1 is 1.09 bits per heavy atom. The lowest BCUT2D eigenvalue weighted by Gasteiger charge is -2.18. The molecule has 118 valence electrons. The van der Waals surface area contributed by atoms with Crippen molar-refractivity contribution >= 4 is 23.7 Å². The first kappa shape index (κ1) is 14.8. The van der Waals surface area contributed by atoms with Crippen molar-refractivity contribution in [3.05, 3.63) is 47.8 Å². The molecule has 0 unspecified atom stereocenters. The average molecular weight is 316 g/mol. The predicted molar refractivity (Wildman–Crippen MR) is 81.5 cm³/mol. The number of carbonyl (C=O) groups is 2. The summed E-state index contributed by atoms with van der Waals surface area (Å²) >= 11 is 0. The first-order valence-electron chi connectivity index (χ1n) is 6.88. The Hall–Kier alpha value is -3.09. The van der Waals surface area contributed by atoms with Crippen molar-refractivity contribution in [3.63, 3.8) is 0 Å². The van der Waals surface area contributed by atoms with E-state index < -0.39 is 5.82 Å². The Kier molecular flexibility index (Phi) is 4.09. The Bertz CT molecular complexity index is 764. The fourth-order valence-corrected chi connectivity index (χ4v) is 2.16. The summed E-state index contributed by atoms with van der Waals surface area (Å²) in [4.78, 5) is 22.7. The maximum atomic E-state index is 13.4. The van der Waals surface area contributed by atoms with Crippen LogP contribution in [0.1, 0.15) is 10.4 Å². The molecular formula is C16H13FN2O4. The zero-order valence-electron chi connectivity index (χ0n) is 12.0. The van der Waals surface area contributed by atoms with Crippen LogP contribution in [0.3, 0.4) is 0 Å². The summed E-state index contributed by atoms with van der Waals surface area (Å²) in [5.74, 6) is 0.124. The average Bonchev–Trinajstić information content (AvgIpc) is 2.57. The maximum Gasteiger partial charge on any atom is 0.255 e. The first-order valence-corrected chi connectivity index (χ1v) is 6.88. The molecule has 2 N–H and O–H groups in total. The molecule has 2 aromatic carbocycles. The molecule has 1 heterocycles. The van der Waals surface area contributed by atoms with E-state index in [9.17, 15) is 14.0 Å². The molecule has 0 saturated carbocycles. The van der Waals surface area contributed by atoms with Crippen molar-refractivity contribution in [1.29, 1.82) is 0 Å². The number of fused-ring (bicyclic) bond motifs is 1. The summed E-state index contributed by atoms with van der Waals surface area (Å²) in [5.41, 5.74) is 0.721. The Morgan fingerprint density at radius 3 is 2.65 bits per heavy atom. The van der Waals surface area contributed by atoms with Crippen LogP contribution < -0.4 is 20.1 Å². The van der Waals surface area contributed by atoms with Gasteiger partial charge >= 0.3 is 0 Å². The van der Waals surface area contributed by atoms with E-state index in [0.717, 1.165) is 6.07 Å². The highest BCUT2D eigenvalue weighted by atomic mass is 19.1. The minimum absolute atomic E-state index is 0.0139. The highest BCUT2D eigenvalue weighted by Gasteiger charge is 2.15. The topological polar surface area (TPSA) is 76.7 Å². The minimum Gasteiger partial charge on any atom is -0.486 e. The van der Waals surface area contributed by atoms with Gasteiger partial charge in [-0.25, -0.2) is 4.39 Å². The molecule has 3 rings (SSSR count). The SMILES string of the molecule is O=CNc1cc(NC(=O)c2ccc3c(c2)OCCO3)ccc1F. The van der Waals surface area contributed by atoms with Gasteiger partial charge in [0.05, 0.1) is 5.69 Å². The highest BCUT2D eigenvalue weighted by molar-refractivity contribution is 6.05. The Morgan fingerprint density at radius 2 is 1.87 bits per heavy atom. The molecule has 7 heteroatoms. The molecule has 6 nitrogen and oxygen atoms in total. The molecule has 0 radical (unpaired) electrons. The number of nitrogens with one attached hydrogen (secondary N) is 2. The van der Waals surface area contributed by atoms with Gasteiger partial charge in [0.1, 0.15) is 19.0 Å². The molecule has 0 bridgehead atoms. The van der Waals surface area contributed by atoms with Crippen molar-refractivity contribution in [1.82, 2.24) is 0 Å². The predicted octanol–water partition coefficient (Wildman–Crippen LogP) is 2.42. The standard InChI is InChI=1S/C16H13FN2O4/c17-12-3-2-11(8-13(12)18-9-20)19-16(21)10-1-4-14-15(7-10)23-6-5-22-14/h1-4,7-9H,5-6H2,(H,18,20)(H,19,21). The fraction of sp³-hybridized carbons (Fsp3) is 0.125. The van der Waals surface area contributed by atoms with Gasteiger partial charge in [-0.05, 0) is 36.4 Å². The summed E-state index contributed by atoms with van der Waals surface area (Å²) in [6.07, 6.45) is 0.366. The van der Waals surface area contributed by atoms with E-state index >= 15 is 0 Å². The number of anilines is 2. The van der Waals surface area contributed by atoms with Crippen LogP contribution in [0.15, 0.2) is 36.4 Å². The van der Waals surface area contributed by atoms with Crippen LogP contribution in [0.5, 0.6) is 11.5 Å². The zero-order chi connectivity index (χ0) is 16.2. The van der Waals surface area contributed by atoms with Crippen LogP contribution in [-0.4, -0.2) is 25.5 Å². The third-order valence-corrected chi connectivity index (χ3v) is 3.24. The molecule has 0 atom stereocenters. The lowest BCUT2D eigenvalue weighted by molar-refractivity contribution is -0.105. The minimum atomic E-state index is -0.588. The molecule has 1 aliphatic heterocycles. The summed E-state index contributed by atoms with van der Waals surface area (Å²) in [5, 5.41) is 4.86. The van der Waals surface area contributed by atoms with Gasteiger partial charge in [-0.1, -0.05) is 0 Å². The number of rotatable bonds is 4. The number of hydrogen-bond acceptors (Lipinski definition) is 4. The smallest absolute Gasteiger partial charge is 0.255 e. The van der Waals surface area contributed by atoms with Gasteiger partial charge in [-0.2, -0.15) is 0 Å². The Labute approximate surface area is 131 Å². The first-order chi connectivity index (χ1) is 11.2. The highest BCUT2D eigenvalue weighted by Crippen LogP contribution is 2.31. The lowest BCUT2D eigenvalue weighted by atomic mass is 10.1. The second kappa shape index (κ2) is 6.35. The van der Waals surface area contributed by atoms with Gasteiger partial charge in [0.2, 0.25) is 6.41 Å². The number of halogens is 1. The van der Waals surface area contributed by atoms with Crippen LogP contribution in [-0.2, 0) is 4.79 Å². The van der Waals surface area contributed by atoms with Crippen molar-refractivity contribution in [2.24, 2.45) is 0 Å². The summed E-state index contributed by atoms with van der Waals surface area (Å²) in [6, 6.07) is 8.74. The number of carbonyl (C=O) groups excluding carboxylic acids is 2.